The van der Waals surface area contributed by atoms with Crippen LogP contribution >= 0.6 is 15.9 Å². The van der Waals surface area contributed by atoms with Gasteiger partial charge in [-0.25, -0.2) is 22.5 Å². The van der Waals surface area contributed by atoms with Crippen LogP contribution in [0.3, 0.4) is 0 Å². The molecule has 0 aliphatic heterocycles. The molecule has 1 heterocycles. The van der Waals surface area contributed by atoms with E-state index in [9.17, 15) is 17.6 Å². The molecule has 0 amide bonds. The summed E-state index contributed by atoms with van der Waals surface area (Å²) in [5, 5.41) is 0. The van der Waals surface area contributed by atoms with Gasteiger partial charge in [-0.3, -0.25) is 0 Å². The minimum absolute atomic E-state index is 0.147. The van der Waals surface area contributed by atoms with Gasteiger partial charge in [0.1, 0.15) is 23.3 Å². The quantitative estimate of drug-likeness (QED) is 0.586. The summed E-state index contributed by atoms with van der Waals surface area (Å²) in [6.45, 7) is 0.194. The first-order valence-electron chi connectivity index (χ1n) is 6.54. The monoisotopic (exact) mass is 384 g/mol. The highest BCUT2D eigenvalue weighted by molar-refractivity contribution is 9.10. The first-order chi connectivity index (χ1) is 11.0. The van der Waals surface area contributed by atoms with E-state index in [2.05, 4.69) is 20.9 Å². The van der Waals surface area contributed by atoms with Gasteiger partial charge in [0.05, 0.1) is 17.5 Å². The Kier molecular flexibility index (Phi) is 4.21. The molecule has 2 aromatic carbocycles. The molecule has 2 nitrogen and oxygen atoms in total. The summed E-state index contributed by atoms with van der Waals surface area (Å²) in [6.07, 6.45) is 4.67. The molecule has 118 valence electrons. The molecule has 0 N–H and O–H groups in total. The van der Waals surface area contributed by atoms with E-state index >= 15 is 0 Å². The molecule has 0 atom stereocenters. The van der Waals surface area contributed by atoms with Crippen molar-refractivity contribution in [2.75, 3.05) is 0 Å². The molecule has 0 fully saturated rings. The lowest BCUT2D eigenvalue weighted by Gasteiger charge is -2.11. The van der Waals surface area contributed by atoms with E-state index in [-0.39, 0.29) is 11.0 Å². The van der Waals surface area contributed by atoms with Crippen LogP contribution in [0.4, 0.5) is 17.6 Å². The zero-order valence-corrected chi connectivity index (χ0v) is 13.1. The minimum atomic E-state index is -1.04. The summed E-state index contributed by atoms with van der Waals surface area (Å²) in [7, 11) is 0. The molecule has 0 aliphatic rings. The SMILES string of the molecule is Fc1cc(Br)cc(F)c1-c1c(F)cc(Cn2ccnc2)cc1F. The number of aromatic nitrogens is 2. The maximum absolute atomic E-state index is 14.3. The second-order valence-corrected chi connectivity index (χ2v) is 5.83. The third-order valence-electron chi connectivity index (χ3n) is 3.28. The average Bonchev–Trinajstić information content (AvgIpc) is 2.93. The molecule has 0 spiro atoms. The summed E-state index contributed by atoms with van der Waals surface area (Å²) in [4.78, 5) is 3.83. The van der Waals surface area contributed by atoms with E-state index in [1.807, 2.05) is 0 Å². The second-order valence-electron chi connectivity index (χ2n) is 4.91. The van der Waals surface area contributed by atoms with Gasteiger partial charge in [-0.05, 0) is 29.8 Å². The van der Waals surface area contributed by atoms with E-state index in [1.165, 1.54) is 12.5 Å². The molecule has 0 aliphatic carbocycles. The van der Waals surface area contributed by atoms with Crippen LogP contribution in [0.15, 0.2) is 47.5 Å². The Morgan fingerprint density at radius 3 is 1.87 bits per heavy atom. The minimum Gasteiger partial charge on any atom is -0.333 e. The zero-order valence-electron chi connectivity index (χ0n) is 11.5. The summed E-state index contributed by atoms with van der Waals surface area (Å²) < 4.78 is 58.2. The Morgan fingerprint density at radius 2 is 1.39 bits per heavy atom. The number of halogens is 5. The Balaban J connectivity index is 2.08. The molecule has 0 saturated heterocycles. The van der Waals surface area contributed by atoms with Crippen molar-refractivity contribution in [1.29, 1.82) is 0 Å². The van der Waals surface area contributed by atoms with Gasteiger partial charge in [0, 0.05) is 23.4 Å². The lowest BCUT2D eigenvalue weighted by Crippen LogP contribution is -2.02. The molecule has 7 heteroatoms. The summed E-state index contributed by atoms with van der Waals surface area (Å²) in [5.74, 6) is -4.14. The van der Waals surface area contributed by atoms with Crippen molar-refractivity contribution < 1.29 is 17.6 Å². The van der Waals surface area contributed by atoms with Crippen LogP contribution in [-0.2, 0) is 6.54 Å². The molecular weight excluding hydrogens is 376 g/mol. The van der Waals surface area contributed by atoms with Crippen molar-refractivity contribution in [3.63, 3.8) is 0 Å². The van der Waals surface area contributed by atoms with Crippen LogP contribution < -0.4 is 0 Å². The van der Waals surface area contributed by atoms with Crippen LogP contribution in [0, 0.1) is 23.3 Å². The zero-order chi connectivity index (χ0) is 16.6. The Bertz CT molecular complexity index is 817. The topological polar surface area (TPSA) is 17.8 Å². The average molecular weight is 385 g/mol. The molecular formula is C16H9BrF4N2. The number of hydrogen-bond acceptors (Lipinski definition) is 1. The van der Waals surface area contributed by atoms with Crippen molar-refractivity contribution in [1.82, 2.24) is 9.55 Å². The van der Waals surface area contributed by atoms with E-state index in [0.717, 1.165) is 24.3 Å². The summed E-state index contributed by atoms with van der Waals surface area (Å²) >= 11 is 2.93. The highest BCUT2D eigenvalue weighted by atomic mass is 79.9. The normalized spacial score (nSPS) is 11.0. The van der Waals surface area contributed by atoms with Crippen LogP contribution in [0.25, 0.3) is 11.1 Å². The van der Waals surface area contributed by atoms with Gasteiger partial charge in [-0.2, -0.15) is 0 Å². The first-order valence-corrected chi connectivity index (χ1v) is 7.33. The fraction of sp³-hybridized carbons (Fsp3) is 0.0625. The molecule has 0 bridgehead atoms. The molecule has 0 saturated carbocycles. The highest BCUT2D eigenvalue weighted by Crippen LogP contribution is 2.33. The number of rotatable bonds is 3. The van der Waals surface area contributed by atoms with Gasteiger partial charge in [-0.1, -0.05) is 15.9 Å². The lowest BCUT2D eigenvalue weighted by molar-refractivity contribution is 0.560. The van der Waals surface area contributed by atoms with E-state index < -0.39 is 34.4 Å². The van der Waals surface area contributed by atoms with Crippen molar-refractivity contribution in [3.8, 4) is 11.1 Å². The van der Waals surface area contributed by atoms with Crippen molar-refractivity contribution in [2.24, 2.45) is 0 Å². The van der Waals surface area contributed by atoms with Crippen LogP contribution in [-0.4, -0.2) is 9.55 Å². The molecule has 0 unspecified atom stereocenters. The predicted molar refractivity (Wildman–Crippen MR) is 80.7 cm³/mol. The number of nitrogens with zero attached hydrogens (tertiary/aromatic N) is 2. The number of hydrogen-bond donors (Lipinski definition) is 0. The van der Waals surface area contributed by atoms with Crippen LogP contribution in [0.2, 0.25) is 0 Å². The molecule has 3 aromatic rings. The second kappa shape index (κ2) is 6.16. The van der Waals surface area contributed by atoms with Crippen LogP contribution in [0.1, 0.15) is 5.56 Å². The smallest absolute Gasteiger partial charge is 0.135 e. The van der Waals surface area contributed by atoms with Gasteiger partial charge < -0.3 is 4.57 Å². The molecule has 0 radical (unpaired) electrons. The highest BCUT2D eigenvalue weighted by Gasteiger charge is 2.21. The third kappa shape index (κ3) is 3.14. The molecule has 1 aromatic heterocycles. The number of benzene rings is 2. The fourth-order valence-corrected chi connectivity index (χ4v) is 2.73. The molecule has 3 rings (SSSR count). The van der Waals surface area contributed by atoms with E-state index in [4.69, 9.17) is 0 Å². The Morgan fingerprint density at radius 1 is 0.870 bits per heavy atom. The third-order valence-corrected chi connectivity index (χ3v) is 3.74. The fourth-order valence-electron chi connectivity index (χ4n) is 2.33. The first kappa shape index (κ1) is 15.7. The summed E-state index contributed by atoms with van der Waals surface area (Å²) in [6, 6.07) is 4.02. The van der Waals surface area contributed by atoms with Gasteiger partial charge in [0.25, 0.3) is 0 Å². The standard InChI is InChI=1S/C16H9BrF4N2/c17-10-5-13(20)16(14(21)6-10)15-11(18)3-9(4-12(15)19)7-23-2-1-22-8-23/h1-6,8H,7H2. The van der Waals surface area contributed by atoms with Crippen molar-refractivity contribution >= 4 is 15.9 Å². The predicted octanol–water partition coefficient (Wildman–Crippen LogP) is 4.92. The van der Waals surface area contributed by atoms with Crippen molar-refractivity contribution in [2.45, 2.75) is 6.54 Å². The van der Waals surface area contributed by atoms with Gasteiger partial charge in [0.15, 0.2) is 0 Å². The van der Waals surface area contributed by atoms with Crippen molar-refractivity contribution in [3.05, 3.63) is 76.3 Å². The van der Waals surface area contributed by atoms with Gasteiger partial charge in [-0.15, -0.1) is 0 Å². The van der Waals surface area contributed by atoms with Gasteiger partial charge >= 0.3 is 0 Å². The summed E-state index contributed by atoms with van der Waals surface area (Å²) in [5.41, 5.74) is -1.13. The molecule has 23 heavy (non-hydrogen) atoms. The largest absolute Gasteiger partial charge is 0.333 e. The van der Waals surface area contributed by atoms with Crippen LogP contribution in [0.5, 0.6) is 0 Å². The van der Waals surface area contributed by atoms with E-state index in [0.29, 0.717) is 5.56 Å². The number of imidazole rings is 1. The van der Waals surface area contributed by atoms with Gasteiger partial charge in [0.2, 0.25) is 0 Å². The Hall–Kier alpha value is -2.15. The lowest BCUT2D eigenvalue weighted by atomic mass is 10.0. The maximum atomic E-state index is 14.3. The maximum Gasteiger partial charge on any atom is 0.135 e. The Labute approximate surface area is 137 Å². The van der Waals surface area contributed by atoms with E-state index in [1.54, 1.807) is 10.8 Å².